The van der Waals surface area contributed by atoms with E-state index in [1.807, 2.05) is 0 Å². The lowest BCUT2D eigenvalue weighted by molar-refractivity contribution is 0.806. The normalized spacial score (nSPS) is 12.0. The standard InChI is InChI=1S/C28H37N/c1-18(2)23-11-9-12-24(19(3)4)27(23)22-15-16-29(17-22)28-25(20(5)6)13-10-14-26(28)21(7)8/h9-21H,1-8H3. The molecule has 0 atom stereocenters. The lowest BCUT2D eigenvalue weighted by atomic mass is 9.86. The van der Waals surface area contributed by atoms with E-state index < -0.39 is 0 Å². The molecule has 0 saturated carbocycles. The van der Waals surface area contributed by atoms with Crippen molar-refractivity contribution in [3.05, 3.63) is 77.1 Å². The first-order valence-electron chi connectivity index (χ1n) is 11.2. The molecule has 0 amide bonds. The van der Waals surface area contributed by atoms with Gasteiger partial charge in [-0.2, -0.15) is 0 Å². The van der Waals surface area contributed by atoms with E-state index in [1.165, 1.54) is 39.1 Å². The van der Waals surface area contributed by atoms with Crippen molar-refractivity contribution in [2.75, 3.05) is 0 Å². The van der Waals surface area contributed by atoms with Crippen molar-refractivity contribution in [1.82, 2.24) is 4.57 Å². The van der Waals surface area contributed by atoms with Crippen LogP contribution in [0.5, 0.6) is 0 Å². The predicted molar refractivity (Wildman–Crippen MR) is 128 cm³/mol. The van der Waals surface area contributed by atoms with Gasteiger partial charge >= 0.3 is 0 Å². The van der Waals surface area contributed by atoms with Crippen LogP contribution >= 0.6 is 0 Å². The van der Waals surface area contributed by atoms with Crippen LogP contribution in [0.15, 0.2) is 54.9 Å². The van der Waals surface area contributed by atoms with Crippen LogP contribution in [-0.2, 0) is 0 Å². The van der Waals surface area contributed by atoms with Gasteiger partial charge < -0.3 is 4.57 Å². The minimum atomic E-state index is 0.490. The third kappa shape index (κ3) is 4.20. The van der Waals surface area contributed by atoms with E-state index in [-0.39, 0.29) is 0 Å². The number of rotatable bonds is 6. The molecule has 1 nitrogen and oxygen atoms in total. The first-order chi connectivity index (χ1) is 13.7. The Bertz CT molecular complexity index is 839. The second-order valence-electron chi connectivity index (χ2n) is 9.52. The third-order valence-electron chi connectivity index (χ3n) is 5.96. The van der Waals surface area contributed by atoms with E-state index >= 15 is 0 Å². The summed E-state index contributed by atoms with van der Waals surface area (Å²) >= 11 is 0. The molecule has 0 N–H and O–H groups in total. The van der Waals surface area contributed by atoms with Crippen LogP contribution < -0.4 is 0 Å². The summed E-state index contributed by atoms with van der Waals surface area (Å²) in [5, 5.41) is 0. The number of nitrogens with zero attached hydrogens (tertiary/aromatic N) is 1. The number of para-hydroxylation sites is 1. The van der Waals surface area contributed by atoms with Gasteiger partial charge in [0.15, 0.2) is 0 Å². The van der Waals surface area contributed by atoms with E-state index in [9.17, 15) is 0 Å². The Hall–Kier alpha value is -2.28. The van der Waals surface area contributed by atoms with E-state index in [0.29, 0.717) is 23.7 Å². The molecule has 1 heteroatoms. The topological polar surface area (TPSA) is 4.93 Å². The van der Waals surface area contributed by atoms with Crippen LogP contribution in [0.25, 0.3) is 16.8 Å². The molecule has 1 aromatic heterocycles. The highest BCUT2D eigenvalue weighted by atomic mass is 15.0. The van der Waals surface area contributed by atoms with Crippen LogP contribution in [-0.4, -0.2) is 4.57 Å². The Morgan fingerprint density at radius 2 is 0.966 bits per heavy atom. The van der Waals surface area contributed by atoms with Crippen LogP contribution in [0.3, 0.4) is 0 Å². The zero-order chi connectivity index (χ0) is 21.3. The number of benzene rings is 2. The van der Waals surface area contributed by atoms with Gasteiger partial charge in [-0.25, -0.2) is 0 Å². The van der Waals surface area contributed by atoms with Gasteiger partial charge in [0.25, 0.3) is 0 Å². The average molecular weight is 388 g/mol. The molecule has 0 saturated heterocycles. The molecular weight excluding hydrogens is 350 g/mol. The van der Waals surface area contributed by atoms with Crippen molar-refractivity contribution in [2.45, 2.75) is 79.1 Å². The molecule has 29 heavy (non-hydrogen) atoms. The SMILES string of the molecule is CC(C)c1cccc(C(C)C)c1-c1ccn(-c2c(C(C)C)cccc2C(C)C)c1. The van der Waals surface area contributed by atoms with E-state index in [1.54, 1.807) is 0 Å². The van der Waals surface area contributed by atoms with Gasteiger partial charge in [0.2, 0.25) is 0 Å². The molecule has 1 heterocycles. The van der Waals surface area contributed by atoms with Crippen molar-refractivity contribution >= 4 is 0 Å². The van der Waals surface area contributed by atoms with Crippen molar-refractivity contribution in [3.63, 3.8) is 0 Å². The van der Waals surface area contributed by atoms with Crippen molar-refractivity contribution in [1.29, 1.82) is 0 Å². The van der Waals surface area contributed by atoms with Crippen molar-refractivity contribution in [3.8, 4) is 16.8 Å². The van der Waals surface area contributed by atoms with Crippen LogP contribution in [0.1, 0.15) is 101 Å². The highest BCUT2D eigenvalue weighted by molar-refractivity contribution is 5.73. The van der Waals surface area contributed by atoms with Gasteiger partial charge in [-0.1, -0.05) is 91.8 Å². The van der Waals surface area contributed by atoms with Gasteiger partial charge in [-0.3, -0.25) is 0 Å². The maximum absolute atomic E-state index is 2.36. The summed E-state index contributed by atoms with van der Waals surface area (Å²) in [5.41, 5.74) is 9.82. The fourth-order valence-electron chi connectivity index (χ4n) is 4.38. The van der Waals surface area contributed by atoms with Crippen molar-refractivity contribution in [2.24, 2.45) is 0 Å². The Balaban J connectivity index is 2.23. The highest BCUT2D eigenvalue weighted by Gasteiger charge is 2.19. The van der Waals surface area contributed by atoms with E-state index in [0.717, 1.165) is 0 Å². The fourth-order valence-corrected chi connectivity index (χ4v) is 4.38. The molecule has 0 radical (unpaired) electrons. The van der Waals surface area contributed by atoms with Gasteiger partial charge in [-0.15, -0.1) is 0 Å². The summed E-state index contributed by atoms with van der Waals surface area (Å²) in [6, 6.07) is 15.9. The molecule has 0 spiro atoms. The van der Waals surface area contributed by atoms with Gasteiger partial charge in [0, 0.05) is 18.0 Å². The minimum absolute atomic E-state index is 0.490. The summed E-state index contributed by atoms with van der Waals surface area (Å²) in [6.45, 7) is 18.3. The molecule has 3 aromatic rings. The first-order valence-corrected chi connectivity index (χ1v) is 11.2. The van der Waals surface area contributed by atoms with Gasteiger partial charge in [0.05, 0.1) is 5.69 Å². The third-order valence-corrected chi connectivity index (χ3v) is 5.96. The summed E-state index contributed by atoms with van der Waals surface area (Å²) < 4.78 is 2.36. The molecule has 2 aromatic carbocycles. The van der Waals surface area contributed by atoms with E-state index in [2.05, 4.69) is 115 Å². The van der Waals surface area contributed by atoms with Gasteiger partial charge in [-0.05, 0) is 57.6 Å². The second kappa shape index (κ2) is 8.61. The maximum Gasteiger partial charge on any atom is 0.0518 e. The average Bonchev–Trinajstić information content (AvgIpc) is 3.15. The molecular formula is C28H37N. The molecule has 0 bridgehead atoms. The molecule has 0 unspecified atom stereocenters. The second-order valence-corrected chi connectivity index (χ2v) is 9.52. The Morgan fingerprint density at radius 1 is 0.552 bits per heavy atom. The minimum Gasteiger partial charge on any atom is -0.323 e. The zero-order valence-corrected chi connectivity index (χ0v) is 19.5. The maximum atomic E-state index is 2.36. The molecule has 0 aliphatic rings. The number of hydrogen-bond acceptors (Lipinski definition) is 0. The first kappa shape index (κ1) is 21.4. The number of hydrogen-bond donors (Lipinski definition) is 0. The largest absolute Gasteiger partial charge is 0.323 e. The molecule has 154 valence electrons. The van der Waals surface area contributed by atoms with Crippen LogP contribution in [0.2, 0.25) is 0 Å². The van der Waals surface area contributed by atoms with Crippen molar-refractivity contribution < 1.29 is 0 Å². The monoisotopic (exact) mass is 387 g/mol. The Kier molecular flexibility index (Phi) is 6.36. The molecule has 0 aliphatic carbocycles. The molecule has 0 fully saturated rings. The summed E-state index contributed by atoms with van der Waals surface area (Å²) in [6.07, 6.45) is 4.60. The molecule has 0 aliphatic heterocycles. The zero-order valence-electron chi connectivity index (χ0n) is 19.5. The summed E-state index contributed by atoms with van der Waals surface area (Å²) in [4.78, 5) is 0. The smallest absolute Gasteiger partial charge is 0.0518 e. The van der Waals surface area contributed by atoms with E-state index in [4.69, 9.17) is 0 Å². The lowest BCUT2D eigenvalue weighted by Gasteiger charge is -2.21. The lowest BCUT2D eigenvalue weighted by Crippen LogP contribution is -2.05. The summed E-state index contributed by atoms with van der Waals surface area (Å²) in [5.74, 6) is 1.98. The Morgan fingerprint density at radius 3 is 1.38 bits per heavy atom. The quantitative estimate of drug-likeness (QED) is 0.399. The highest BCUT2D eigenvalue weighted by Crippen LogP contribution is 2.38. The molecule has 3 rings (SSSR count). The Labute approximate surface area is 177 Å². The van der Waals surface area contributed by atoms with Crippen LogP contribution in [0, 0.1) is 0 Å². The fraction of sp³-hybridized carbons (Fsp3) is 0.429. The van der Waals surface area contributed by atoms with Crippen LogP contribution in [0.4, 0.5) is 0 Å². The predicted octanol–water partition coefficient (Wildman–Crippen LogP) is 8.64. The summed E-state index contributed by atoms with van der Waals surface area (Å²) in [7, 11) is 0. The number of aromatic nitrogens is 1. The van der Waals surface area contributed by atoms with Gasteiger partial charge in [0.1, 0.15) is 0 Å².